The third-order valence-electron chi connectivity index (χ3n) is 2.60. The maximum Gasteiger partial charge on any atom is 3.00 e. The average molecular weight is 346 g/mol. The van der Waals surface area contributed by atoms with Crippen molar-refractivity contribution in [3.63, 3.8) is 0 Å². The molecule has 0 bridgehead atoms. The number of rotatable bonds is 0. The average Bonchev–Trinajstić information content (AvgIpc) is 2.10. The molecule has 0 aliphatic heterocycles. The number of phenolic OH excluding ortho intramolecular Hbond substituents is 1. The van der Waals surface area contributed by atoms with Gasteiger partial charge in [-0.15, -0.1) is 0 Å². The molecule has 6 nitrogen and oxygen atoms in total. The Balaban J connectivity index is -0.000000452. The van der Waals surface area contributed by atoms with Gasteiger partial charge in [-0.25, -0.2) is 0 Å². The van der Waals surface area contributed by atoms with E-state index in [0.717, 1.165) is 5.56 Å². The number of hydrogen-bond donors (Lipinski definition) is 2. The Hall–Kier alpha value is -0.378. The Bertz CT molecular complexity index is 491. The van der Waals surface area contributed by atoms with Crippen molar-refractivity contribution in [2.45, 2.75) is 52.4 Å². The van der Waals surface area contributed by atoms with Gasteiger partial charge in [0.1, 0.15) is 5.75 Å². The normalized spacial score (nSPS) is 11.5. The van der Waals surface area contributed by atoms with Crippen molar-refractivity contribution in [3.05, 3.63) is 29.3 Å². The molecular formula is C14H24AlO6P. The van der Waals surface area contributed by atoms with Gasteiger partial charge in [0.2, 0.25) is 0 Å². The van der Waals surface area contributed by atoms with Crippen LogP contribution in [0.3, 0.4) is 0 Å². The Morgan fingerprint density at radius 1 is 1.00 bits per heavy atom. The van der Waals surface area contributed by atoms with Crippen LogP contribution in [0.4, 0.5) is 0 Å². The summed E-state index contributed by atoms with van der Waals surface area (Å²) >= 11 is 0. The number of hydrogen-bond acceptors (Lipinski definition) is 5. The van der Waals surface area contributed by atoms with Gasteiger partial charge >= 0.3 is 17.4 Å². The second-order valence-corrected chi connectivity index (χ2v) is 7.61. The van der Waals surface area contributed by atoms with Crippen LogP contribution < -0.4 is 9.79 Å². The molecular weight excluding hydrogens is 322 g/mol. The molecule has 3 N–H and O–H groups in total. The minimum absolute atomic E-state index is 0. The van der Waals surface area contributed by atoms with Crippen LogP contribution in [0.1, 0.15) is 52.7 Å². The van der Waals surface area contributed by atoms with Gasteiger partial charge in [-0.1, -0.05) is 53.7 Å². The van der Waals surface area contributed by atoms with E-state index in [2.05, 4.69) is 47.6 Å². The van der Waals surface area contributed by atoms with Crippen molar-refractivity contribution in [1.82, 2.24) is 0 Å². The van der Waals surface area contributed by atoms with E-state index in [4.69, 9.17) is 19.2 Å². The molecule has 0 aromatic heterocycles. The maximum absolute atomic E-state index is 9.99. The molecule has 0 saturated heterocycles. The first kappa shape index (κ1) is 26.5. The fourth-order valence-corrected chi connectivity index (χ4v) is 1.95. The van der Waals surface area contributed by atoms with E-state index in [1.807, 2.05) is 6.07 Å². The molecule has 0 fully saturated rings. The predicted molar refractivity (Wildman–Crippen MR) is 83.0 cm³/mol. The zero-order chi connectivity index (χ0) is 16.4. The van der Waals surface area contributed by atoms with Gasteiger partial charge in [-0.05, 0) is 22.5 Å². The molecule has 8 heteroatoms. The molecule has 0 amide bonds. The van der Waals surface area contributed by atoms with E-state index in [9.17, 15) is 5.11 Å². The smallest absolute Gasteiger partial charge is 0.870 e. The molecule has 1 aromatic carbocycles. The van der Waals surface area contributed by atoms with E-state index < -0.39 is 7.82 Å². The Morgan fingerprint density at radius 3 is 1.59 bits per heavy atom. The van der Waals surface area contributed by atoms with Crippen molar-refractivity contribution in [2.75, 3.05) is 0 Å². The van der Waals surface area contributed by atoms with Gasteiger partial charge in [0, 0.05) is 5.56 Å². The van der Waals surface area contributed by atoms with Crippen LogP contribution in [0, 0.1) is 0 Å². The molecule has 0 spiro atoms. The van der Waals surface area contributed by atoms with Crippen LogP contribution in [0.2, 0.25) is 0 Å². The minimum atomic E-state index is -5.14. The SMILES string of the molecule is CC(C)(C)c1cccc(O)c1C(C)(C)C.O=P([O-])([O-])O.[Al+3].[OH-]. The van der Waals surface area contributed by atoms with E-state index in [1.54, 1.807) is 6.07 Å². The van der Waals surface area contributed by atoms with Gasteiger partial charge in [-0.2, -0.15) is 0 Å². The van der Waals surface area contributed by atoms with Crippen LogP contribution in [-0.4, -0.2) is 32.8 Å². The van der Waals surface area contributed by atoms with E-state index in [-0.39, 0.29) is 33.7 Å². The molecule has 0 saturated carbocycles. The summed E-state index contributed by atoms with van der Waals surface area (Å²) in [5.41, 5.74) is 2.35. The minimum Gasteiger partial charge on any atom is -0.870 e. The first-order valence-corrected chi connectivity index (χ1v) is 7.71. The van der Waals surface area contributed by atoms with Crippen molar-refractivity contribution in [1.29, 1.82) is 0 Å². The molecule has 0 aliphatic rings. The summed E-state index contributed by atoms with van der Waals surface area (Å²) in [4.78, 5) is 24.3. The standard InChI is InChI=1S/C14H22O.Al.H3O4P.H2O/c1-13(2,3)10-8-7-9-11(15)12(10)14(4,5)6;;1-5(2,3)4;/h7-9,15H,1-6H3;;(H3,1,2,3,4);1H2/q;+3;;/p-3. The zero-order valence-electron chi connectivity index (χ0n) is 13.8. The number of aromatic hydroxyl groups is 1. The van der Waals surface area contributed by atoms with Crippen LogP contribution in [0.25, 0.3) is 0 Å². The van der Waals surface area contributed by atoms with Crippen LogP contribution in [0.15, 0.2) is 18.2 Å². The second kappa shape index (κ2) is 9.05. The molecule has 1 rings (SSSR count). The molecule has 22 heavy (non-hydrogen) atoms. The van der Waals surface area contributed by atoms with E-state index >= 15 is 0 Å². The monoisotopic (exact) mass is 346 g/mol. The van der Waals surface area contributed by atoms with Crippen molar-refractivity contribution in [3.8, 4) is 5.75 Å². The summed E-state index contributed by atoms with van der Waals surface area (Å²) in [5, 5.41) is 9.99. The largest absolute Gasteiger partial charge is 3.00 e. The van der Waals surface area contributed by atoms with Crippen LogP contribution in [0.5, 0.6) is 5.75 Å². The van der Waals surface area contributed by atoms with E-state index in [1.165, 1.54) is 5.56 Å². The second-order valence-electron chi connectivity index (χ2n) is 6.67. The summed E-state index contributed by atoms with van der Waals surface area (Å²) in [7, 11) is -5.14. The van der Waals surface area contributed by atoms with Gasteiger partial charge in [0.15, 0.2) is 0 Å². The zero-order valence-corrected chi connectivity index (χ0v) is 15.9. The Kier molecular flexibility index (Phi) is 10.9. The van der Waals surface area contributed by atoms with Gasteiger partial charge in [-0.3, -0.25) is 0 Å². The van der Waals surface area contributed by atoms with Gasteiger partial charge < -0.3 is 29.8 Å². The summed E-state index contributed by atoms with van der Waals surface area (Å²) in [6.45, 7) is 12.9. The summed E-state index contributed by atoms with van der Waals surface area (Å²) in [6.07, 6.45) is 0. The van der Waals surface area contributed by atoms with Gasteiger partial charge in [0.05, 0.1) is 7.82 Å². The molecule has 0 aliphatic carbocycles. The first-order chi connectivity index (χ1) is 8.64. The summed E-state index contributed by atoms with van der Waals surface area (Å²) in [6, 6.07) is 5.81. The number of phenols is 1. The van der Waals surface area contributed by atoms with Crippen LogP contribution >= 0.6 is 7.82 Å². The van der Waals surface area contributed by atoms with Crippen molar-refractivity contribution in [2.24, 2.45) is 0 Å². The maximum atomic E-state index is 9.99. The predicted octanol–water partition coefficient (Wildman–Crippen LogP) is 1.24. The molecule has 0 unspecified atom stereocenters. The molecule has 0 radical (unpaired) electrons. The fraction of sp³-hybridized carbons (Fsp3) is 0.571. The molecule has 1 aromatic rings. The fourth-order valence-electron chi connectivity index (χ4n) is 1.95. The summed E-state index contributed by atoms with van der Waals surface area (Å²) < 4.78 is 8.66. The topological polar surface area (TPSA) is 134 Å². The first-order valence-electron chi connectivity index (χ1n) is 6.22. The third-order valence-corrected chi connectivity index (χ3v) is 2.60. The van der Waals surface area contributed by atoms with Crippen molar-refractivity contribution < 1.29 is 29.8 Å². The van der Waals surface area contributed by atoms with Gasteiger partial charge in [0.25, 0.3) is 0 Å². The Morgan fingerprint density at radius 2 is 1.36 bits per heavy atom. The molecule has 124 valence electrons. The van der Waals surface area contributed by atoms with Crippen molar-refractivity contribution >= 4 is 25.2 Å². The number of phosphoric acid groups is 1. The molecule has 0 atom stereocenters. The molecule has 0 heterocycles. The number of benzene rings is 1. The summed E-state index contributed by atoms with van der Waals surface area (Å²) in [5.74, 6) is 0.412. The third kappa shape index (κ3) is 10.4. The Labute approximate surface area is 142 Å². The quantitative estimate of drug-likeness (QED) is 0.536. The van der Waals surface area contributed by atoms with Crippen LogP contribution in [-0.2, 0) is 15.4 Å². The van der Waals surface area contributed by atoms with E-state index in [0.29, 0.717) is 5.75 Å².